The number of hydrogen-bond donors (Lipinski definition) is 2. The van der Waals surface area contributed by atoms with E-state index < -0.39 is 5.54 Å². The average molecular weight is 299 g/mol. The maximum absolute atomic E-state index is 11.9. The summed E-state index contributed by atoms with van der Waals surface area (Å²) in [5.41, 5.74) is 4.97. The Balaban J connectivity index is 2.64. The van der Waals surface area contributed by atoms with E-state index in [-0.39, 0.29) is 11.9 Å². The minimum absolute atomic E-state index is 0.229. The third kappa shape index (κ3) is 5.57. The zero-order chi connectivity index (χ0) is 16.0. The number of piperidine rings is 1. The first kappa shape index (κ1) is 18.4. The van der Waals surface area contributed by atoms with E-state index in [0.717, 1.165) is 39.0 Å². The second kappa shape index (κ2) is 8.11. The van der Waals surface area contributed by atoms with E-state index in [2.05, 4.69) is 17.1 Å². The molecule has 0 saturated carbocycles. The lowest BCUT2D eigenvalue weighted by Gasteiger charge is -2.40. The van der Waals surface area contributed by atoms with Crippen molar-refractivity contribution in [3.63, 3.8) is 0 Å². The molecule has 0 aromatic heterocycles. The van der Waals surface area contributed by atoms with Gasteiger partial charge in [-0.3, -0.25) is 9.69 Å². The van der Waals surface area contributed by atoms with Crippen LogP contribution in [0.25, 0.3) is 0 Å². The molecular formula is C16H33N3O2. The Morgan fingerprint density at radius 2 is 2.14 bits per heavy atom. The average Bonchev–Trinajstić information content (AvgIpc) is 2.38. The Hall–Kier alpha value is -0.650. The molecule has 1 fully saturated rings. The molecule has 3 N–H and O–H groups in total. The van der Waals surface area contributed by atoms with Crippen LogP contribution in [0.15, 0.2) is 0 Å². The fourth-order valence-electron chi connectivity index (χ4n) is 3.33. The molecule has 5 heteroatoms. The van der Waals surface area contributed by atoms with Gasteiger partial charge in [-0.25, -0.2) is 0 Å². The number of amides is 1. The maximum Gasteiger partial charge on any atom is 0.237 e. The van der Waals surface area contributed by atoms with E-state index >= 15 is 0 Å². The van der Waals surface area contributed by atoms with Gasteiger partial charge in [0.1, 0.15) is 0 Å². The largest absolute Gasteiger partial charge is 0.377 e. The number of rotatable bonds is 8. The van der Waals surface area contributed by atoms with Gasteiger partial charge in [-0.1, -0.05) is 0 Å². The third-order valence-electron chi connectivity index (χ3n) is 4.29. The van der Waals surface area contributed by atoms with Gasteiger partial charge in [-0.2, -0.15) is 0 Å². The van der Waals surface area contributed by atoms with Crippen molar-refractivity contribution >= 4 is 5.91 Å². The summed E-state index contributed by atoms with van der Waals surface area (Å²) in [5, 5.41) is 3.33. The molecule has 0 aromatic carbocycles. The summed E-state index contributed by atoms with van der Waals surface area (Å²) in [6, 6.07) is 0.532. The Kier molecular flexibility index (Phi) is 7.10. The van der Waals surface area contributed by atoms with Crippen molar-refractivity contribution in [3.8, 4) is 0 Å². The SMILES string of the molecule is CCOC1CCCN(C(C)CC(C)(NC(C)C)C(N)=O)C1. The topological polar surface area (TPSA) is 67.6 Å². The summed E-state index contributed by atoms with van der Waals surface area (Å²) in [4.78, 5) is 14.3. The number of likely N-dealkylation sites (tertiary alicyclic amines) is 1. The van der Waals surface area contributed by atoms with E-state index in [9.17, 15) is 4.79 Å². The zero-order valence-corrected chi connectivity index (χ0v) is 14.3. The smallest absolute Gasteiger partial charge is 0.237 e. The van der Waals surface area contributed by atoms with Crippen molar-refractivity contribution in [2.75, 3.05) is 19.7 Å². The highest BCUT2D eigenvalue weighted by Crippen LogP contribution is 2.22. The first-order chi connectivity index (χ1) is 9.78. The Morgan fingerprint density at radius 1 is 1.48 bits per heavy atom. The molecule has 1 amide bonds. The molecule has 1 saturated heterocycles. The molecule has 124 valence electrons. The van der Waals surface area contributed by atoms with Crippen molar-refractivity contribution < 1.29 is 9.53 Å². The highest BCUT2D eigenvalue weighted by molar-refractivity contribution is 5.84. The van der Waals surface area contributed by atoms with Crippen LogP contribution in [-0.2, 0) is 9.53 Å². The molecule has 1 rings (SSSR count). The fraction of sp³-hybridized carbons (Fsp3) is 0.938. The summed E-state index contributed by atoms with van der Waals surface area (Å²) >= 11 is 0. The number of nitrogens with zero attached hydrogens (tertiary/aromatic N) is 1. The minimum atomic E-state index is -0.661. The van der Waals surface area contributed by atoms with Gasteiger partial charge in [0, 0.05) is 25.2 Å². The van der Waals surface area contributed by atoms with E-state index in [4.69, 9.17) is 10.5 Å². The predicted octanol–water partition coefficient (Wildman–Crippen LogP) is 1.51. The van der Waals surface area contributed by atoms with E-state index in [1.165, 1.54) is 0 Å². The summed E-state index contributed by atoms with van der Waals surface area (Å²) < 4.78 is 5.76. The van der Waals surface area contributed by atoms with Crippen molar-refractivity contribution in [2.24, 2.45) is 5.73 Å². The summed E-state index contributed by atoms with van der Waals surface area (Å²) in [6.45, 7) is 13.0. The van der Waals surface area contributed by atoms with E-state index in [0.29, 0.717) is 12.1 Å². The normalized spacial score (nSPS) is 24.8. The lowest BCUT2D eigenvalue weighted by atomic mass is 9.90. The summed E-state index contributed by atoms with van der Waals surface area (Å²) in [7, 11) is 0. The second-order valence-corrected chi connectivity index (χ2v) is 6.76. The fourth-order valence-corrected chi connectivity index (χ4v) is 3.33. The van der Waals surface area contributed by atoms with Crippen molar-refractivity contribution in [1.29, 1.82) is 0 Å². The number of nitrogens with one attached hydrogen (secondary N) is 1. The van der Waals surface area contributed by atoms with Crippen LogP contribution >= 0.6 is 0 Å². The predicted molar refractivity (Wildman–Crippen MR) is 86.2 cm³/mol. The van der Waals surface area contributed by atoms with Crippen LogP contribution < -0.4 is 11.1 Å². The van der Waals surface area contributed by atoms with Crippen LogP contribution in [0.4, 0.5) is 0 Å². The monoisotopic (exact) mass is 299 g/mol. The Bertz CT molecular complexity index is 333. The quantitative estimate of drug-likeness (QED) is 0.713. The molecule has 0 aliphatic carbocycles. The van der Waals surface area contributed by atoms with Gasteiger partial charge in [0.05, 0.1) is 11.6 Å². The number of carbonyl (C=O) groups excluding carboxylic acids is 1. The van der Waals surface area contributed by atoms with Gasteiger partial charge in [0.15, 0.2) is 0 Å². The highest BCUT2D eigenvalue weighted by atomic mass is 16.5. The lowest BCUT2D eigenvalue weighted by molar-refractivity contribution is -0.125. The third-order valence-corrected chi connectivity index (χ3v) is 4.29. The van der Waals surface area contributed by atoms with Crippen LogP contribution in [0.2, 0.25) is 0 Å². The molecule has 0 radical (unpaired) electrons. The number of hydrogen-bond acceptors (Lipinski definition) is 4. The minimum Gasteiger partial charge on any atom is -0.377 e. The standard InChI is InChI=1S/C16H33N3O2/c1-6-21-14-8-7-9-19(11-14)13(4)10-16(5,15(17)20)18-12(2)3/h12-14,18H,6-11H2,1-5H3,(H2,17,20). The molecule has 1 heterocycles. The maximum atomic E-state index is 11.9. The van der Waals surface area contributed by atoms with E-state index in [1.54, 1.807) is 0 Å². The molecule has 0 spiro atoms. The summed E-state index contributed by atoms with van der Waals surface area (Å²) in [5.74, 6) is -0.276. The van der Waals surface area contributed by atoms with Crippen molar-refractivity contribution in [1.82, 2.24) is 10.2 Å². The molecule has 0 bridgehead atoms. The van der Waals surface area contributed by atoms with Crippen molar-refractivity contribution in [3.05, 3.63) is 0 Å². The molecule has 5 nitrogen and oxygen atoms in total. The van der Waals surface area contributed by atoms with Gasteiger partial charge < -0.3 is 15.8 Å². The first-order valence-corrected chi connectivity index (χ1v) is 8.21. The second-order valence-electron chi connectivity index (χ2n) is 6.76. The number of nitrogens with two attached hydrogens (primary N) is 1. The lowest BCUT2D eigenvalue weighted by Crippen LogP contribution is -2.59. The van der Waals surface area contributed by atoms with Gasteiger partial charge in [-0.05, 0) is 60.4 Å². The number of primary amides is 1. The zero-order valence-electron chi connectivity index (χ0n) is 14.3. The molecule has 1 aliphatic rings. The van der Waals surface area contributed by atoms with Crippen LogP contribution in [0, 0.1) is 0 Å². The Labute approximate surface area is 129 Å². The van der Waals surface area contributed by atoms with Crippen molar-refractivity contribution in [2.45, 2.75) is 77.6 Å². The molecule has 3 atom stereocenters. The summed E-state index contributed by atoms with van der Waals surface area (Å²) in [6.07, 6.45) is 3.33. The van der Waals surface area contributed by atoms with Crippen LogP contribution in [0.5, 0.6) is 0 Å². The van der Waals surface area contributed by atoms with Gasteiger partial charge in [0.25, 0.3) is 0 Å². The molecule has 1 aliphatic heterocycles. The number of carbonyl (C=O) groups is 1. The number of ether oxygens (including phenoxy) is 1. The van der Waals surface area contributed by atoms with Crippen LogP contribution in [0.1, 0.15) is 53.9 Å². The molecular weight excluding hydrogens is 266 g/mol. The van der Waals surface area contributed by atoms with Gasteiger partial charge in [0.2, 0.25) is 5.91 Å². The van der Waals surface area contributed by atoms with Crippen LogP contribution in [0.3, 0.4) is 0 Å². The molecule has 0 aromatic rings. The van der Waals surface area contributed by atoms with Gasteiger partial charge in [-0.15, -0.1) is 0 Å². The molecule has 21 heavy (non-hydrogen) atoms. The highest BCUT2D eigenvalue weighted by Gasteiger charge is 2.35. The molecule has 3 unspecified atom stereocenters. The van der Waals surface area contributed by atoms with Gasteiger partial charge >= 0.3 is 0 Å². The van der Waals surface area contributed by atoms with Crippen LogP contribution in [-0.4, -0.2) is 54.2 Å². The Morgan fingerprint density at radius 3 is 2.67 bits per heavy atom. The first-order valence-electron chi connectivity index (χ1n) is 8.21. The van der Waals surface area contributed by atoms with E-state index in [1.807, 2.05) is 27.7 Å².